The number of esters is 1. The molecule has 0 aliphatic heterocycles. The molecule has 2 aromatic carbocycles. The van der Waals surface area contributed by atoms with E-state index in [2.05, 4.69) is 0 Å². The van der Waals surface area contributed by atoms with Crippen LogP contribution in [0.1, 0.15) is 15.9 Å². The molecule has 3 N–H and O–H groups in total. The van der Waals surface area contributed by atoms with Gasteiger partial charge in [-0.2, -0.15) is 0 Å². The summed E-state index contributed by atoms with van der Waals surface area (Å²) >= 11 is 11.7. The zero-order valence-electron chi connectivity index (χ0n) is 10.5. The number of phenols is 3. The molecule has 0 radical (unpaired) electrons. The Morgan fingerprint density at radius 2 is 1.67 bits per heavy atom. The Labute approximate surface area is 129 Å². The van der Waals surface area contributed by atoms with Crippen molar-refractivity contribution < 1.29 is 24.9 Å². The lowest BCUT2D eigenvalue weighted by Gasteiger charge is -2.08. The molecular formula is C14H10Cl2O5. The lowest BCUT2D eigenvalue weighted by molar-refractivity contribution is 0.0472. The fourth-order valence-corrected chi connectivity index (χ4v) is 2.05. The molecule has 110 valence electrons. The Morgan fingerprint density at radius 1 is 1.05 bits per heavy atom. The van der Waals surface area contributed by atoms with Gasteiger partial charge in [0.05, 0.1) is 5.56 Å². The minimum Gasteiger partial charge on any atom is -0.504 e. The summed E-state index contributed by atoms with van der Waals surface area (Å²) in [5, 5.41) is 28.7. The van der Waals surface area contributed by atoms with Crippen molar-refractivity contribution in [3.05, 3.63) is 51.5 Å². The van der Waals surface area contributed by atoms with Gasteiger partial charge in [0, 0.05) is 15.6 Å². The van der Waals surface area contributed by atoms with Gasteiger partial charge in [0.2, 0.25) is 0 Å². The number of carbonyl (C=O) groups is 1. The van der Waals surface area contributed by atoms with Gasteiger partial charge < -0.3 is 20.1 Å². The van der Waals surface area contributed by atoms with E-state index < -0.39 is 23.2 Å². The van der Waals surface area contributed by atoms with Crippen LogP contribution in [0.3, 0.4) is 0 Å². The van der Waals surface area contributed by atoms with Gasteiger partial charge in [0.1, 0.15) is 6.61 Å². The molecule has 2 rings (SSSR count). The van der Waals surface area contributed by atoms with Crippen molar-refractivity contribution in [2.75, 3.05) is 0 Å². The molecule has 0 spiro atoms. The number of phenolic OH excluding ortho intramolecular Hbond substituents is 3. The van der Waals surface area contributed by atoms with E-state index >= 15 is 0 Å². The van der Waals surface area contributed by atoms with Crippen LogP contribution in [-0.4, -0.2) is 21.3 Å². The highest BCUT2D eigenvalue weighted by atomic mass is 35.5. The zero-order valence-corrected chi connectivity index (χ0v) is 12.0. The number of hydrogen-bond donors (Lipinski definition) is 3. The molecule has 0 unspecified atom stereocenters. The second-order valence-electron chi connectivity index (χ2n) is 4.17. The van der Waals surface area contributed by atoms with E-state index in [1.165, 1.54) is 6.07 Å². The summed E-state index contributed by atoms with van der Waals surface area (Å²) in [5.41, 5.74) is 0.453. The molecule has 0 amide bonds. The van der Waals surface area contributed by atoms with Crippen LogP contribution in [0.5, 0.6) is 17.2 Å². The van der Waals surface area contributed by atoms with E-state index in [4.69, 9.17) is 27.9 Å². The molecule has 0 saturated heterocycles. The Morgan fingerprint density at radius 3 is 2.24 bits per heavy atom. The maximum absolute atomic E-state index is 11.8. The Hall–Kier alpha value is -2.11. The van der Waals surface area contributed by atoms with Gasteiger partial charge in [-0.3, -0.25) is 0 Å². The van der Waals surface area contributed by atoms with E-state index in [1.807, 2.05) is 0 Å². The van der Waals surface area contributed by atoms with Gasteiger partial charge in [-0.1, -0.05) is 29.3 Å². The Kier molecular flexibility index (Phi) is 4.45. The average Bonchev–Trinajstić information content (AvgIpc) is 2.43. The van der Waals surface area contributed by atoms with Gasteiger partial charge in [0.25, 0.3) is 0 Å². The number of halogens is 2. The van der Waals surface area contributed by atoms with Crippen molar-refractivity contribution in [2.24, 2.45) is 0 Å². The number of aromatic hydroxyl groups is 3. The number of carbonyl (C=O) groups excluding carboxylic acids is 1. The van der Waals surface area contributed by atoms with Crippen LogP contribution in [0.2, 0.25) is 10.0 Å². The summed E-state index contributed by atoms with van der Waals surface area (Å²) in [7, 11) is 0. The number of hydrogen-bond acceptors (Lipinski definition) is 5. The maximum atomic E-state index is 11.8. The van der Waals surface area contributed by atoms with Crippen molar-refractivity contribution in [3.8, 4) is 17.2 Å². The van der Waals surface area contributed by atoms with E-state index in [-0.39, 0.29) is 12.2 Å². The molecule has 2 aromatic rings. The smallest absolute Gasteiger partial charge is 0.338 e. The molecule has 0 aliphatic rings. The lowest BCUT2D eigenvalue weighted by Crippen LogP contribution is -2.05. The molecule has 21 heavy (non-hydrogen) atoms. The van der Waals surface area contributed by atoms with Crippen LogP contribution in [0.4, 0.5) is 0 Å². The fraction of sp³-hybridized carbons (Fsp3) is 0.0714. The molecular weight excluding hydrogens is 319 g/mol. The summed E-state index contributed by atoms with van der Waals surface area (Å²) in [6, 6.07) is 6.71. The number of rotatable bonds is 3. The zero-order chi connectivity index (χ0) is 15.6. The lowest BCUT2D eigenvalue weighted by atomic mass is 10.2. The van der Waals surface area contributed by atoms with E-state index in [0.29, 0.717) is 15.6 Å². The Balaban J connectivity index is 2.12. The van der Waals surface area contributed by atoms with Crippen LogP contribution in [0.15, 0.2) is 30.3 Å². The first-order valence-electron chi connectivity index (χ1n) is 5.74. The molecule has 0 bridgehead atoms. The second kappa shape index (κ2) is 6.11. The van der Waals surface area contributed by atoms with Crippen LogP contribution >= 0.6 is 23.2 Å². The standard InChI is InChI=1S/C14H10Cl2O5/c15-9-2-1-7(10(16)5-9)6-21-14(20)8-3-11(17)13(19)12(18)4-8/h1-5,17-19H,6H2. The quantitative estimate of drug-likeness (QED) is 0.593. The van der Waals surface area contributed by atoms with Crippen molar-refractivity contribution in [1.29, 1.82) is 0 Å². The highest BCUT2D eigenvalue weighted by Gasteiger charge is 2.15. The molecule has 0 saturated carbocycles. The summed E-state index contributed by atoms with van der Waals surface area (Å²) in [6.45, 7) is -0.1000. The normalized spacial score (nSPS) is 10.4. The minimum atomic E-state index is -0.786. The van der Waals surface area contributed by atoms with E-state index in [9.17, 15) is 20.1 Å². The monoisotopic (exact) mass is 328 g/mol. The van der Waals surface area contributed by atoms with E-state index in [1.54, 1.807) is 12.1 Å². The molecule has 7 heteroatoms. The van der Waals surface area contributed by atoms with Crippen molar-refractivity contribution in [2.45, 2.75) is 6.61 Å². The third-order valence-corrected chi connectivity index (χ3v) is 3.27. The molecule has 0 aliphatic carbocycles. The van der Waals surface area contributed by atoms with Crippen molar-refractivity contribution in [1.82, 2.24) is 0 Å². The summed E-state index contributed by atoms with van der Waals surface area (Å²) in [4.78, 5) is 11.8. The van der Waals surface area contributed by atoms with E-state index in [0.717, 1.165) is 12.1 Å². The topological polar surface area (TPSA) is 87.0 Å². The molecule has 0 aromatic heterocycles. The van der Waals surface area contributed by atoms with Crippen LogP contribution < -0.4 is 0 Å². The largest absolute Gasteiger partial charge is 0.504 e. The maximum Gasteiger partial charge on any atom is 0.338 e. The molecule has 0 heterocycles. The summed E-state index contributed by atoms with van der Waals surface area (Å²) < 4.78 is 5.01. The predicted molar refractivity (Wildman–Crippen MR) is 77.0 cm³/mol. The predicted octanol–water partition coefficient (Wildman–Crippen LogP) is 3.47. The van der Waals surface area contributed by atoms with Crippen LogP contribution in [0.25, 0.3) is 0 Å². The first-order valence-corrected chi connectivity index (χ1v) is 6.50. The third kappa shape index (κ3) is 3.51. The molecule has 5 nitrogen and oxygen atoms in total. The second-order valence-corrected chi connectivity index (χ2v) is 5.02. The highest BCUT2D eigenvalue weighted by Crippen LogP contribution is 2.35. The van der Waals surface area contributed by atoms with Gasteiger partial charge >= 0.3 is 5.97 Å². The van der Waals surface area contributed by atoms with Gasteiger partial charge in [-0.05, 0) is 24.3 Å². The summed E-state index contributed by atoms with van der Waals surface area (Å²) in [6.07, 6.45) is 0. The minimum absolute atomic E-state index is 0.1000. The highest BCUT2D eigenvalue weighted by molar-refractivity contribution is 6.35. The van der Waals surface area contributed by atoms with Crippen molar-refractivity contribution in [3.63, 3.8) is 0 Å². The van der Waals surface area contributed by atoms with Gasteiger partial charge in [0.15, 0.2) is 17.2 Å². The molecule has 0 fully saturated rings. The fourth-order valence-electron chi connectivity index (χ4n) is 1.59. The molecule has 0 atom stereocenters. The van der Waals surface area contributed by atoms with Crippen LogP contribution in [-0.2, 0) is 11.3 Å². The average molecular weight is 329 g/mol. The number of ether oxygens (including phenoxy) is 1. The SMILES string of the molecule is O=C(OCc1ccc(Cl)cc1Cl)c1cc(O)c(O)c(O)c1. The number of benzene rings is 2. The van der Waals surface area contributed by atoms with Gasteiger partial charge in [-0.15, -0.1) is 0 Å². The first kappa shape index (κ1) is 15.3. The first-order chi connectivity index (χ1) is 9.88. The Bertz CT molecular complexity index is 677. The third-order valence-electron chi connectivity index (χ3n) is 2.68. The van der Waals surface area contributed by atoms with Crippen molar-refractivity contribution >= 4 is 29.2 Å². The van der Waals surface area contributed by atoms with Crippen LogP contribution in [0, 0.1) is 0 Å². The summed E-state index contributed by atoms with van der Waals surface area (Å²) in [5.74, 6) is -2.73. The van der Waals surface area contributed by atoms with Gasteiger partial charge in [-0.25, -0.2) is 4.79 Å².